The molecule has 0 aliphatic rings. The number of ether oxygens (including phenoxy) is 3. The number of phenols is 1. The molecule has 0 spiro atoms. The first-order valence-corrected chi connectivity index (χ1v) is 23.1. The predicted molar refractivity (Wildman–Crippen MR) is 248 cm³/mol. The molecule has 0 saturated heterocycles. The summed E-state index contributed by atoms with van der Waals surface area (Å²) in [6.07, 6.45) is 13.2. The number of phenolic OH excluding ortho intramolecular Hbond substituents is 1. The fourth-order valence-corrected chi connectivity index (χ4v) is 7.93. The second-order valence-corrected chi connectivity index (χ2v) is 16.5. The number of anilines is 2. The Kier molecular flexibility index (Phi) is 19.3. The molecule has 342 valence electrons. The zero-order valence-corrected chi connectivity index (χ0v) is 38.0. The summed E-state index contributed by atoms with van der Waals surface area (Å²) in [4.78, 5) is 52.8. The van der Waals surface area contributed by atoms with Crippen molar-refractivity contribution in [2.45, 2.75) is 122 Å². The zero-order valence-electron chi connectivity index (χ0n) is 37.2. The van der Waals surface area contributed by atoms with Crippen LogP contribution in [0.5, 0.6) is 17.2 Å². The molecule has 0 aliphatic carbocycles. The highest BCUT2D eigenvalue weighted by molar-refractivity contribution is 7.98. The Morgan fingerprint density at radius 1 is 0.844 bits per heavy atom. The van der Waals surface area contributed by atoms with Crippen molar-refractivity contribution >= 4 is 57.6 Å². The molecule has 5 rings (SSSR count). The van der Waals surface area contributed by atoms with Crippen molar-refractivity contribution in [1.82, 2.24) is 10.2 Å². The molecule has 4 aromatic carbocycles. The van der Waals surface area contributed by atoms with Gasteiger partial charge in [-0.05, 0) is 61.2 Å². The van der Waals surface area contributed by atoms with Crippen LogP contribution >= 0.6 is 11.8 Å². The van der Waals surface area contributed by atoms with E-state index in [0.717, 1.165) is 43.0 Å². The monoisotopic (exact) mass is 897 g/mol. The van der Waals surface area contributed by atoms with Crippen molar-refractivity contribution in [1.29, 1.82) is 0 Å². The van der Waals surface area contributed by atoms with Gasteiger partial charge in [-0.15, -0.1) is 10.2 Å². The highest BCUT2D eigenvalue weighted by Crippen LogP contribution is 2.38. The number of carbonyl (C=O) groups is 3. The molecule has 15 nitrogen and oxygen atoms in total. The normalized spacial score (nSPS) is 11.1. The van der Waals surface area contributed by atoms with Crippen molar-refractivity contribution in [3.8, 4) is 17.2 Å². The number of aryl methyl sites for hydroxylation is 1. The molecule has 0 unspecified atom stereocenters. The molecule has 0 aliphatic heterocycles. The van der Waals surface area contributed by atoms with Crippen molar-refractivity contribution in [2.75, 3.05) is 30.5 Å². The van der Waals surface area contributed by atoms with Gasteiger partial charge in [-0.3, -0.25) is 24.6 Å². The molecular formula is C48H59N5O10S. The third kappa shape index (κ3) is 14.2. The third-order valence-corrected chi connectivity index (χ3v) is 11.5. The number of unbranched alkanes of at least 4 members (excludes halogenated alkanes) is 11. The maximum absolute atomic E-state index is 14.2. The number of aromatic nitrogens is 2. The summed E-state index contributed by atoms with van der Waals surface area (Å²) in [5.41, 5.74) is 1.88. The molecule has 1 heterocycles. The standard InChI is InChI=1S/C48H59N5O10S/c1-5-7-8-9-10-11-12-13-14-15-16-17-27-52(39-20-18-19-36-35(39)23-24-37(45(36)55)46(56)49-38-29-33(3)21-25-41(38)60-4)48(57)62-42-26-22-34(30-40(42)53(58)59)32-64-47-51-50-43(63-47)31-44(54)61-28-6-2/h18-26,29-30,55H,5-17,27-28,31-32H2,1-4H3,(H,49,56). The number of thioether (sulfide) groups is 1. The number of carbonyl (C=O) groups excluding carboxylic acids is 3. The predicted octanol–water partition coefficient (Wildman–Crippen LogP) is 11.9. The molecule has 16 heteroatoms. The molecular weight excluding hydrogens is 839 g/mol. The number of nitro groups is 1. The number of aromatic hydroxyl groups is 1. The van der Waals surface area contributed by atoms with Gasteiger partial charge in [0.05, 0.1) is 35.6 Å². The van der Waals surface area contributed by atoms with E-state index in [1.165, 1.54) is 75.2 Å². The van der Waals surface area contributed by atoms with Gasteiger partial charge in [-0.1, -0.05) is 127 Å². The fraction of sp³-hybridized carbons (Fsp3) is 0.438. The maximum Gasteiger partial charge on any atom is 0.420 e. The molecule has 1 aromatic heterocycles. The summed E-state index contributed by atoms with van der Waals surface area (Å²) >= 11 is 1.13. The van der Waals surface area contributed by atoms with Crippen LogP contribution in [-0.4, -0.2) is 58.5 Å². The highest BCUT2D eigenvalue weighted by atomic mass is 32.2. The van der Waals surface area contributed by atoms with Crippen LogP contribution in [0.2, 0.25) is 0 Å². The maximum atomic E-state index is 14.2. The van der Waals surface area contributed by atoms with Crippen LogP contribution in [0, 0.1) is 17.0 Å². The number of fused-ring (bicyclic) bond motifs is 1. The number of nitro benzene ring substituents is 1. The van der Waals surface area contributed by atoms with E-state index in [0.29, 0.717) is 52.9 Å². The number of rotatable bonds is 26. The van der Waals surface area contributed by atoms with Crippen LogP contribution in [0.1, 0.15) is 125 Å². The van der Waals surface area contributed by atoms with E-state index in [1.807, 2.05) is 19.9 Å². The fourth-order valence-electron chi connectivity index (χ4n) is 7.21. The van der Waals surface area contributed by atoms with Gasteiger partial charge in [-0.25, -0.2) is 4.79 Å². The molecule has 0 atom stereocenters. The summed E-state index contributed by atoms with van der Waals surface area (Å²) in [6, 6.07) is 17.9. The van der Waals surface area contributed by atoms with E-state index in [-0.39, 0.29) is 46.9 Å². The highest BCUT2D eigenvalue weighted by Gasteiger charge is 2.26. The van der Waals surface area contributed by atoms with E-state index in [1.54, 1.807) is 42.5 Å². The summed E-state index contributed by atoms with van der Waals surface area (Å²) in [5, 5.41) is 35.5. The average molecular weight is 898 g/mol. The lowest BCUT2D eigenvalue weighted by atomic mass is 10.0. The number of benzene rings is 4. The Balaban J connectivity index is 1.33. The van der Waals surface area contributed by atoms with Crippen molar-refractivity contribution < 1.29 is 43.0 Å². The number of nitrogens with zero attached hydrogens (tertiary/aromatic N) is 4. The van der Waals surface area contributed by atoms with Crippen LogP contribution in [0.4, 0.5) is 21.9 Å². The van der Waals surface area contributed by atoms with Crippen LogP contribution in [0.3, 0.4) is 0 Å². The van der Waals surface area contributed by atoms with E-state index in [4.69, 9.17) is 18.6 Å². The summed E-state index contributed by atoms with van der Waals surface area (Å²) in [5.74, 6) is -0.800. The lowest BCUT2D eigenvalue weighted by Crippen LogP contribution is -2.34. The lowest BCUT2D eigenvalue weighted by Gasteiger charge is -2.24. The number of amides is 2. The van der Waals surface area contributed by atoms with Crippen molar-refractivity contribution in [3.63, 3.8) is 0 Å². The van der Waals surface area contributed by atoms with Gasteiger partial charge in [-0.2, -0.15) is 0 Å². The number of esters is 1. The van der Waals surface area contributed by atoms with E-state index >= 15 is 0 Å². The molecule has 64 heavy (non-hydrogen) atoms. The Labute approximate surface area is 378 Å². The van der Waals surface area contributed by atoms with Gasteiger partial charge in [0.2, 0.25) is 11.6 Å². The van der Waals surface area contributed by atoms with Crippen LogP contribution in [0.15, 0.2) is 76.4 Å². The Hall–Kier alpha value is -6.16. The number of methoxy groups -OCH3 is 1. The first-order valence-electron chi connectivity index (χ1n) is 22.1. The smallest absolute Gasteiger partial charge is 0.420 e. The molecule has 0 radical (unpaired) electrons. The quantitative estimate of drug-likeness (QED) is 0.0175. The third-order valence-electron chi connectivity index (χ3n) is 10.6. The first-order chi connectivity index (χ1) is 31.0. The van der Waals surface area contributed by atoms with Gasteiger partial charge < -0.3 is 29.1 Å². The molecule has 0 saturated carbocycles. The van der Waals surface area contributed by atoms with Gasteiger partial charge in [0.25, 0.3) is 11.1 Å². The minimum atomic E-state index is -0.843. The summed E-state index contributed by atoms with van der Waals surface area (Å²) in [7, 11) is 1.50. The lowest BCUT2D eigenvalue weighted by molar-refractivity contribution is -0.385. The SMILES string of the molecule is CCCCCCCCCCCCCCN(C(=O)Oc1ccc(CSc2nnc(CC(=O)OCCC)o2)cc1[N+](=O)[O-])c1cccc2c(O)c(C(=O)Nc3cc(C)ccc3OC)ccc12. The number of nitrogens with one attached hydrogen (secondary N) is 1. The van der Waals surface area contributed by atoms with Crippen molar-refractivity contribution in [2.24, 2.45) is 0 Å². The van der Waals surface area contributed by atoms with Gasteiger partial charge >= 0.3 is 17.7 Å². The average Bonchev–Trinajstić information content (AvgIpc) is 3.73. The Morgan fingerprint density at radius 2 is 1.55 bits per heavy atom. The number of hydrogen-bond donors (Lipinski definition) is 2. The minimum Gasteiger partial charge on any atom is -0.506 e. The van der Waals surface area contributed by atoms with Gasteiger partial charge in [0.15, 0.2) is 0 Å². The van der Waals surface area contributed by atoms with Crippen LogP contribution < -0.4 is 19.7 Å². The minimum absolute atomic E-state index is 0.0174. The van der Waals surface area contributed by atoms with Crippen LogP contribution in [0.25, 0.3) is 10.8 Å². The van der Waals surface area contributed by atoms with Gasteiger partial charge in [0, 0.05) is 29.1 Å². The van der Waals surface area contributed by atoms with E-state index < -0.39 is 28.6 Å². The molecule has 2 amide bonds. The topological polar surface area (TPSA) is 196 Å². The first kappa shape index (κ1) is 48.9. The largest absolute Gasteiger partial charge is 0.506 e. The second kappa shape index (κ2) is 25.2. The zero-order chi connectivity index (χ0) is 45.8. The molecule has 0 bridgehead atoms. The second-order valence-electron chi connectivity index (χ2n) is 15.6. The van der Waals surface area contributed by atoms with Gasteiger partial charge in [0.1, 0.15) is 17.9 Å². The Morgan fingerprint density at radius 3 is 2.23 bits per heavy atom. The van der Waals surface area contributed by atoms with Crippen LogP contribution in [-0.2, 0) is 21.7 Å². The molecule has 5 aromatic rings. The van der Waals surface area contributed by atoms with E-state index in [2.05, 4.69) is 22.4 Å². The molecule has 0 fully saturated rings. The summed E-state index contributed by atoms with van der Waals surface area (Å²) in [6.45, 7) is 6.52. The molecule has 2 N–H and O–H groups in total. The van der Waals surface area contributed by atoms with E-state index in [9.17, 15) is 29.6 Å². The number of hydrogen-bond acceptors (Lipinski definition) is 13. The summed E-state index contributed by atoms with van der Waals surface area (Å²) < 4.78 is 21.8. The van der Waals surface area contributed by atoms with Crippen molar-refractivity contribution in [3.05, 3.63) is 99.4 Å². The Bertz CT molecular complexity index is 2350.